The molecule has 2 aromatic carbocycles. The molecule has 5 rings (SSSR count). The van der Waals surface area contributed by atoms with Crippen molar-refractivity contribution in [2.45, 2.75) is 0 Å². The van der Waals surface area contributed by atoms with Gasteiger partial charge in [0.05, 0.1) is 9.95 Å². The highest BCUT2D eigenvalue weighted by Crippen LogP contribution is 2.32. The Balaban J connectivity index is 1.31. The largest absolute Gasteiger partial charge is 0.451 e. The highest BCUT2D eigenvalue weighted by atomic mass is 35.5. The normalized spacial score (nSPS) is 10.9. The van der Waals surface area contributed by atoms with Gasteiger partial charge in [0.1, 0.15) is 5.76 Å². The van der Waals surface area contributed by atoms with E-state index in [2.05, 4.69) is 15.3 Å². The summed E-state index contributed by atoms with van der Waals surface area (Å²) in [4.78, 5) is 31.4. The average molecular weight is 461 g/mol. The minimum Gasteiger partial charge on any atom is -0.451 e. The van der Waals surface area contributed by atoms with Crippen LogP contribution in [0.2, 0.25) is 5.02 Å². The minimum atomic E-state index is -0.539. The van der Waals surface area contributed by atoms with Gasteiger partial charge in [0.2, 0.25) is 5.89 Å². The molecule has 10 heteroatoms. The molecule has 0 unspecified atom stereocenters. The number of aromatic nitrogens is 2. The maximum atomic E-state index is 12.6. The zero-order valence-electron chi connectivity index (χ0n) is 16.7. The molecule has 0 aliphatic rings. The van der Waals surface area contributed by atoms with Gasteiger partial charge in [-0.2, -0.15) is 4.98 Å². The Morgan fingerprint density at radius 1 is 1.03 bits per heavy atom. The molecule has 0 radical (unpaired) electrons. The van der Waals surface area contributed by atoms with Gasteiger partial charge in [-0.15, -0.1) is 0 Å². The van der Waals surface area contributed by atoms with Crippen LogP contribution in [0.1, 0.15) is 10.6 Å². The second-order valence-corrected chi connectivity index (χ2v) is 7.37. The standard InChI is InChI=1S/C23H13ClN4O5/c24-17-12-15(28(30)31)7-8-16(17)18-9-10-20(32-18)22(29)26-14-5-3-13(4-6-14)23-27-21-19(33-23)2-1-11-25-21/h1-12H,(H,26,29). The van der Waals surface area contributed by atoms with Crippen molar-refractivity contribution in [3.05, 3.63) is 93.8 Å². The Hall–Kier alpha value is -4.50. The summed E-state index contributed by atoms with van der Waals surface area (Å²) >= 11 is 6.14. The lowest BCUT2D eigenvalue weighted by Gasteiger charge is -2.04. The molecule has 0 aliphatic carbocycles. The monoisotopic (exact) mass is 460 g/mol. The van der Waals surface area contributed by atoms with E-state index in [-0.39, 0.29) is 16.5 Å². The molecule has 1 amide bonds. The van der Waals surface area contributed by atoms with E-state index >= 15 is 0 Å². The van der Waals surface area contributed by atoms with Crippen LogP contribution < -0.4 is 5.32 Å². The third-order valence-electron chi connectivity index (χ3n) is 4.81. The van der Waals surface area contributed by atoms with Crippen molar-refractivity contribution in [3.63, 3.8) is 0 Å². The highest BCUT2D eigenvalue weighted by molar-refractivity contribution is 6.33. The number of furan rings is 1. The predicted octanol–water partition coefficient (Wildman–Crippen LogP) is 5.96. The first-order chi connectivity index (χ1) is 16.0. The van der Waals surface area contributed by atoms with Gasteiger partial charge in [-0.25, -0.2) is 4.98 Å². The van der Waals surface area contributed by atoms with Crippen molar-refractivity contribution in [1.82, 2.24) is 9.97 Å². The fraction of sp³-hybridized carbons (Fsp3) is 0. The van der Waals surface area contributed by atoms with Crippen molar-refractivity contribution in [2.24, 2.45) is 0 Å². The van der Waals surface area contributed by atoms with Crippen molar-refractivity contribution in [1.29, 1.82) is 0 Å². The molecule has 0 saturated heterocycles. The summed E-state index contributed by atoms with van der Waals surface area (Å²) in [6, 6.07) is 17.6. The molecular weight excluding hydrogens is 448 g/mol. The molecular formula is C23H13ClN4O5. The molecule has 0 atom stereocenters. The van der Waals surface area contributed by atoms with Gasteiger partial charge in [-0.05, 0) is 54.6 Å². The Morgan fingerprint density at radius 2 is 1.85 bits per heavy atom. The predicted molar refractivity (Wildman–Crippen MR) is 121 cm³/mol. The van der Waals surface area contributed by atoms with Gasteiger partial charge in [-0.1, -0.05) is 11.6 Å². The van der Waals surface area contributed by atoms with Crippen LogP contribution in [-0.4, -0.2) is 20.8 Å². The number of halogens is 1. The van der Waals surface area contributed by atoms with Crippen molar-refractivity contribution >= 4 is 40.1 Å². The van der Waals surface area contributed by atoms with Crippen molar-refractivity contribution in [3.8, 4) is 22.8 Å². The number of nitro benzene ring substituents is 1. The lowest BCUT2D eigenvalue weighted by Crippen LogP contribution is -2.10. The summed E-state index contributed by atoms with van der Waals surface area (Å²) in [6.07, 6.45) is 1.64. The van der Waals surface area contributed by atoms with Crippen LogP contribution in [0.15, 0.2) is 81.8 Å². The number of hydrogen-bond acceptors (Lipinski definition) is 7. The molecule has 162 valence electrons. The highest BCUT2D eigenvalue weighted by Gasteiger charge is 2.17. The first-order valence-electron chi connectivity index (χ1n) is 9.65. The Kier molecular flexibility index (Phi) is 5.08. The number of non-ortho nitro benzene ring substituents is 1. The molecule has 0 spiro atoms. The number of pyridine rings is 1. The Labute approximate surface area is 190 Å². The first kappa shape index (κ1) is 20.4. The fourth-order valence-electron chi connectivity index (χ4n) is 3.20. The van der Waals surface area contributed by atoms with E-state index < -0.39 is 10.8 Å². The minimum absolute atomic E-state index is 0.0634. The summed E-state index contributed by atoms with van der Waals surface area (Å²) in [7, 11) is 0. The number of carbonyl (C=O) groups is 1. The Bertz CT molecular complexity index is 1470. The van der Waals surface area contributed by atoms with E-state index in [1.807, 2.05) is 0 Å². The quantitative estimate of drug-likeness (QED) is 0.253. The molecule has 3 heterocycles. The molecule has 0 saturated carbocycles. The van der Waals surface area contributed by atoms with Crippen LogP contribution in [0.25, 0.3) is 34.0 Å². The Morgan fingerprint density at radius 3 is 2.58 bits per heavy atom. The zero-order chi connectivity index (χ0) is 22.9. The molecule has 9 nitrogen and oxygen atoms in total. The van der Waals surface area contributed by atoms with Crippen LogP contribution in [-0.2, 0) is 0 Å². The van der Waals surface area contributed by atoms with Gasteiger partial charge in [0.15, 0.2) is 17.0 Å². The average Bonchev–Trinajstić information content (AvgIpc) is 3.47. The van der Waals surface area contributed by atoms with E-state index in [9.17, 15) is 14.9 Å². The molecule has 0 aliphatic heterocycles. The summed E-state index contributed by atoms with van der Waals surface area (Å²) < 4.78 is 11.3. The zero-order valence-corrected chi connectivity index (χ0v) is 17.4. The van der Waals surface area contributed by atoms with Gasteiger partial charge in [-0.3, -0.25) is 14.9 Å². The number of nitrogens with one attached hydrogen (secondary N) is 1. The molecule has 0 bridgehead atoms. The summed E-state index contributed by atoms with van der Waals surface area (Å²) in [5, 5.41) is 13.8. The number of carbonyl (C=O) groups excluding carboxylic acids is 1. The molecule has 33 heavy (non-hydrogen) atoms. The fourth-order valence-corrected chi connectivity index (χ4v) is 3.47. The second kappa shape index (κ2) is 8.21. The number of fused-ring (bicyclic) bond motifs is 1. The number of amides is 1. The maximum Gasteiger partial charge on any atom is 0.291 e. The summed E-state index contributed by atoms with van der Waals surface area (Å²) in [5.74, 6) is 0.351. The van der Waals surface area contributed by atoms with Gasteiger partial charge >= 0.3 is 0 Å². The second-order valence-electron chi connectivity index (χ2n) is 6.96. The van der Waals surface area contributed by atoms with E-state index in [4.69, 9.17) is 20.4 Å². The molecule has 5 aromatic rings. The van der Waals surface area contributed by atoms with E-state index in [1.165, 1.54) is 24.3 Å². The number of nitro groups is 1. The number of benzene rings is 2. The van der Waals surface area contributed by atoms with E-state index in [0.717, 1.165) is 5.56 Å². The van der Waals surface area contributed by atoms with Crippen molar-refractivity contribution < 1.29 is 18.6 Å². The van der Waals surface area contributed by atoms with Crippen LogP contribution in [0.4, 0.5) is 11.4 Å². The smallest absolute Gasteiger partial charge is 0.291 e. The van der Waals surface area contributed by atoms with Crippen molar-refractivity contribution in [2.75, 3.05) is 5.32 Å². The van der Waals surface area contributed by atoms with Gasteiger partial charge < -0.3 is 14.2 Å². The number of hydrogen-bond donors (Lipinski definition) is 1. The number of anilines is 1. The SMILES string of the molecule is O=C(Nc1ccc(-c2nc3ncccc3o2)cc1)c1ccc(-c2ccc([N+](=O)[O-])cc2Cl)o1. The van der Waals surface area contributed by atoms with Gasteiger partial charge in [0.25, 0.3) is 11.6 Å². The van der Waals surface area contributed by atoms with E-state index in [1.54, 1.807) is 48.7 Å². The third kappa shape index (κ3) is 4.04. The topological polar surface area (TPSA) is 124 Å². The lowest BCUT2D eigenvalue weighted by molar-refractivity contribution is -0.384. The van der Waals surface area contributed by atoms with Crippen LogP contribution in [0.5, 0.6) is 0 Å². The summed E-state index contributed by atoms with van der Waals surface area (Å²) in [6.45, 7) is 0. The summed E-state index contributed by atoms with van der Waals surface area (Å²) in [5.41, 5.74) is 2.70. The van der Waals surface area contributed by atoms with Gasteiger partial charge in [0, 0.05) is 35.1 Å². The number of oxazole rings is 1. The third-order valence-corrected chi connectivity index (χ3v) is 5.13. The first-order valence-corrected chi connectivity index (χ1v) is 10.0. The number of nitrogens with zero attached hydrogens (tertiary/aromatic N) is 3. The molecule has 3 aromatic heterocycles. The molecule has 0 fully saturated rings. The number of rotatable bonds is 5. The molecule has 1 N–H and O–H groups in total. The van der Waals surface area contributed by atoms with Crippen LogP contribution in [0.3, 0.4) is 0 Å². The van der Waals surface area contributed by atoms with Crippen LogP contribution >= 0.6 is 11.6 Å². The maximum absolute atomic E-state index is 12.6. The van der Waals surface area contributed by atoms with Crippen LogP contribution in [0, 0.1) is 10.1 Å². The lowest BCUT2D eigenvalue weighted by atomic mass is 10.1. The van der Waals surface area contributed by atoms with E-state index in [0.29, 0.717) is 34.1 Å².